The topological polar surface area (TPSA) is 43.4 Å². The van der Waals surface area contributed by atoms with Gasteiger partial charge in [0, 0.05) is 35.8 Å². The summed E-state index contributed by atoms with van der Waals surface area (Å²) in [6.45, 7) is 3.68. The van der Waals surface area contributed by atoms with E-state index in [1.165, 1.54) is 10.9 Å². The Hall–Kier alpha value is -1.43. The van der Waals surface area contributed by atoms with E-state index >= 15 is 0 Å². The minimum absolute atomic E-state index is 0.250. The first kappa shape index (κ1) is 13.5. The van der Waals surface area contributed by atoms with Crippen molar-refractivity contribution in [1.82, 2.24) is 9.47 Å². The highest BCUT2D eigenvalue weighted by molar-refractivity contribution is 7.80. The van der Waals surface area contributed by atoms with E-state index < -0.39 is 0 Å². The molecule has 1 aromatic heterocycles. The first-order valence-electron chi connectivity index (χ1n) is 6.82. The Morgan fingerprint density at radius 1 is 1.45 bits per heavy atom. The van der Waals surface area contributed by atoms with Gasteiger partial charge >= 0.3 is 0 Å². The smallest absolute Gasteiger partial charge is 0.104 e. The number of hydrogen-bond acceptors (Lipinski definition) is 3. The van der Waals surface area contributed by atoms with Crippen LogP contribution in [-0.2, 0) is 11.3 Å². The fraction of sp³-hybridized carbons (Fsp3) is 0.400. The standard InChI is InChI=1S/C15H19N3OS/c1-17-6-7-19-13(9-17)10-18-5-4-11-8-12(15(16)20)2-3-14(11)18/h2-5,8,13H,6-7,9-10H2,1H3,(H2,16,20). The molecule has 1 saturated heterocycles. The molecule has 5 heteroatoms. The number of fused-ring (bicyclic) bond motifs is 1. The second kappa shape index (κ2) is 5.52. The van der Waals surface area contributed by atoms with E-state index in [4.69, 9.17) is 22.7 Å². The molecule has 0 radical (unpaired) electrons. The number of aromatic nitrogens is 1. The van der Waals surface area contributed by atoms with Gasteiger partial charge in [0.25, 0.3) is 0 Å². The molecule has 3 rings (SSSR count). The lowest BCUT2D eigenvalue weighted by Gasteiger charge is -2.30. The zero-order valence-electron chi connectivity index (χ0n) is 11.6. The Morgan fingerprint density at radius 2 is 2.30 bits per heavy atom. The predicted octanol–water partition coefficient (Wildman–Crippen LogP) is 1.61. The summed E-state index contributed by atoms with van der Waals surface area (Å²) >= 11 is 5.02. The molecule has 2 aromatic rings. The van der Waals surface area contributed by atoms with Crippen LogP contribution < -0.4 is 5.73 Å². The van der Waals surface area contributed by atoms with Crippen molar-refractivity contribution in [3.63, 3.8) is 0 Å². The van der Waals surface area contributed by atoms with Gasteiger partial charge in [-0.1, -0.05) is 12.2 Å². The van der Waals surface area contributed by atoms with E-state index in [2.05, 4.69) is 34.8 Å². The molecular weight excluding hydrogens is 270 g/mol. The van der Waals surface area contributed by atoms with E-state index in [0.717, 1.165) is 31.8 Å². The van der Waals surface area contributed by atoms with Crippen molar-refractivity contribution in [3.8, 4) is 0 Å². The Bertz CT molecular complexity index is 637. The van der Waals surface area contributed by atoms with Crippen LogP contribution in [0, 0.1) is 0 Å². The van der Waals surface area contributed by atoms with Gasteiger partial charge in [0.15, 0.2) is 0 Å². The van der Waals surface area contributed by atoms with Gasteiger partial charge in [0.05, 0.1) is 19.3 Å². The third-order valence-corrected chi connectivity index (χ3v) is 4.03. The van der Waals surface area contributed by atoms with Crippen LogP contribution in [-0.4, -0.2) is 47.3 Å². The lowest BCUT2D eigenvalue weighted by Crippen LogP contribution is -2.41. The summed E-state index contributed by atoms with van der Waals surface area (Å²) in [7, 11) is 2.14. The molecule has 0 aliphatic carbocycles. The van der Waals surface area contributed by atoms with E-state index in [-0.39, 0.29) is 6.10 Å². The number of nitrogens with zero attached hydrogens (tertiary/aromatic N) is 2. The maximum atomic E-state index is 5.83. The summed E-state index contributed by atoms with van der Waals surface area (Å²) in [4.78, 5) is 2.75. The molecule has 106 valence electrons. The Labute approximate surface area is 124 Å². The number of nitrogens with two attached hydrogens (primary N) is 1. The number of thiocarbonyl (C=S) groups is 1. The van der Waals surface area contributed by atoms with Gasteiger partial charge in [0.1, 0.15) is 4.99 Å². The summed E-state index contributed by atoms with van der Waals surface area (Å²) < 4.78 is 8.07. The molecule has 1 aliphatic heterocycles. The van der Waals surface area contributed by atoms with Crippen LogP contribution in [0.2, 0.25) is 0 Å². The normalized spacial score (nSPS) is 20.4. The molecule has 4 nitrogen and oxygen atoms in total. The summed E-state index contributed by atoms with van der Waals surface area (Å²) in [6.07, 6.45) is 2.35. The monoisotopic (exact) mass is 289 g/mol. The second-order valence-electron chi connectivity index (χ2n) is 5.36. The molecule has 1 unspecified atom stereocenters. The third kappa shape index (κ3) is 2.70. The SMILES string of the molecule is CN1CCOC(Cn2ccc3cc(C(N)=S)ccc32)C1. The van der Waals surface area contributed by atoms with E-state index in [1.807, 2.05) is 12.1 Å². The summed E-state index contributed by atoms with van der Waals surface area (Å²) in [5.74, 6) is 0. The maximum absolute atomic E-state index is 5.83. The van der Waals surface area contributed by atoms with Gasteiger partial charge < -0.3 is 19.9 Å². The lowest BCUT2D eigenvalue weighted by atomic mass is 10.1. The summed E-state index contributed by atoms with van der Waals surface area (Å²) in [5.41, 5.74) is 7.79. The molecule has 2 N–H and O–H groups in total. The number of hydrogen-bond donors (Lipinski definition) is 1. The summed E-state index contributed by atoms with van der Waals surface area (Å²) in [6, 6.07) is 8.21. The van der Waals surface area contributed by atoms with Gasteiger partial charge in [-0.05, 0) is 31.3 Å². The average Bonchev–Trinajstić information content (AvgIpc) is 2.81. The lowest BCUT2D eigenvalue weighted by molar-refractivity contribution is -0.0269. The largest absolute Gasteiger partial charge is 0.389 e. The molecule has 1 aliphatic rings. The van der Waals surface area contributed by atoms with Crippen LogP contribution in [0.15, 0.2) is 30.5 Å². The fourth-order valence-corrected chi connectivity index (χ4v) is 2.84. The van der Waals surface area contributed by atoms with Gasteiger partial charge in [-0.3, -0.25) is 0 Å². The molecule has 0 bridgehead atoms. The number of ether oxygens (including phenoxy) is 1. The van der Waals surface area contributed by atoms with Crippen LogP contribution in [0.5, 0.6) is 0 Å². The molecule has 2 heterocycles. The minimum Gasteiger partial charge on any atom is -0.389 e. The number of benzene rings is 1. The molecule has 0 spiro atoms. The third-order valence-electron chi connectivity index (χ3n) is 3.80. The highest BCUT2D eigenvalue weighted by Gasteiger charge is 2.18. The van der Waals surface area contributed by atoms with Crippen LogP contribution in [0.4, 0.5) is 0 Å². The van der Waals surface area contributed by atoms with Crippen molar-refractivity contribution in [2.45, 2.75) is 12.6 Å². The number of rotatable bonds is 3. The highest BCUT2D eigenvalue weighted by atomic mass is 32.1. The predicted molar refractivity (Wildman–Crippen MR) is 85.1 cm³/mol. The van der Waals surface area contributed by atoms with Gasteiger partial charge in [-0.25, -0.2) is 0 Å². The van der Waals surface area contributed by atoms with Gasteiger partial charge in [-0.15, -0.1) is 0 Å². The first-order chi connectivity index (χ1) is 9.63. The highest BCUT2D eigenvalue weighted by Crippen LogP contribution is 2.19. The first-order valence-corrected chi connectivity index (χ1v) is 7.23. The van der Waals surface area contributed by atoms with Crippen molar-refractivity contribution in [1.29, 1.82) is 0 Å². The van der Waals surface area contributed by atoms with Gasteiger partial charge in [0.2, 0.25) is 0 Å². The van der Waals surface area contributed by atoms with Crippen LogP contribution in [0.3, 0.4) is 0 Å². The molecule has 0 amide bonds. The minimum atomic E-state index is 0.250. The molecule has 20 heavy (non-hydrogen) atoms. The van der Waals surface area contributed by atoms with Crippen molar-refractivity contribution in [3.05, 3.63) is 36.0 Å². The van der Waals surface area contributed by atoms with Crippen molar-refractivity contribution in [2.75, 3.05) is 26.7 Å². The molecule has 1 fully saturated rings. The zero-order chi connectivity index (χ0) is 14.1. The van der Waals surface area contributed by atoms with Crippen molar-refractivity contribution < 1.29 is 4.74 Å². The Morgan fingerprint density at radius 3 is 3.05 bits per heavy atom. The van der Waals surface area contributed by atoms with Crippen molar-refractivity contribution in [2.24, 2.45) is 5.73 Å². The molecule has 1 atom stereocenters. The Kier molecular flexibility index (Phi) is 3.74. The number of morpholine rings is 1. The summed E-state index contributed by atoms with van der Waals surface area (Å²) in [5, 5.41) is 1.17. The van der Waals surface area contributed by atoms with Crippen LogP contribution >= 0.6 is 12.2 Å². The van der Waals surface area contributed by atoms with E-state index in [1.54, 1.807) is 0 Å². The van der Waals surface area contributed by atoms with E-state index in [9.17, 15) is 0 Å². The molecule has 0 saturated carbocycles. The number of likely N-dealkylation sites (N-methyl/N-ethyl adjacent to an activating group) is 1. The molecular formula is C15H19N3OS. The maximum Gasteiger partial charge on any atom is 0.104 e. The van der Waals surface area contributed by atoms with Gasteiger partial charge in [-0.2, -0.15) is 0 Å². The quantitative estimate of drug-likeness (QED) is 0.872. The van der Waals surface area contributed by atoms with Crippen LogP contribution in [0.1, 0.15) is 5.56 Å². The Balaban J connectivity index is 1.83. The second-order valence-corrected chi connectivity index (χ2v) is 5.80. The fourth-order valence-electron chi connectivity index (χ4n) is 2.71. The molecule has 1 aromatic carbocycles. The van der Waals surface area contributed by atoms with Crippen molar-refractivity contribution >= 4 is 28.1 Å². The van der Waals surface area contributed by atoms with Crippen LogP contribution in [0.25, 0.3) is 10.9 Å². The zero-order valence-corrected chi connectivity index (χ0v) is 12.4. The van der Waals surface area contributed by atoms with E-state index in [0.29, 0.717) is 4.99 Å². The average molecular weight is 289 g/mol.